The highest BCUT2D eigenvalue weighted by molar-refractivity contribution is 8.01. The summed E-state index contributed by atoms with van der Waals surface area (Å²) in [4.78, 5) is 14.1. The van der Waals surface area contributed by atoms with Crippen LogP contribution in [0.3, 0.4) is 0 Å². The molecule has 0 unspecified atom stereocenters. The van der Waals surface area contributed by atoms with Crippen molar-refractivity contribution in [1.82, 2.24) is 15.1 Å². The second-order valence-corrected chi connectivity index (χ2v) is 7.68. The van der Waals surface area contributed by atoms with Gasteiger partial charge in [0.05, 0.1) is 5.75 Å². The van der Waals surface area contributed by atoms with Crippen LogP contribution in [0.25, 0.3) is 0 Å². The first kappa shape index (κ1) is 18.7. The monoisotopic (exact) mass is 364 g/mol. The van der Waals surface area contributed by atoms with Gasteiger partial charge < -0.3 is 10.2 Å². The van der Waals surface area contributed by atoms with E-state index in [2.05, 4.69) is 29.4 Å². The fourth-order valence-corrected chi connectivity index (χ4v) is 3.78. The smallest absolute Gasteiger partial charge is 0.233 e. The summed E-state index contributed by atoms with van der Waals surface area (Å²) in [6.45, 7) is 7.81. The van der Waals surface area contributed by atoms with Gasteiger partial charge in [-0.05, 0) is 32.4 Å². The van der Waals surface area contributed by atoms with Crippen LogP contribution in [0.15, 0.2) is 28.6 Å². The number of amides is 1. The van der Waals surface area contributed by atoms with E-state index in [1.807, 2.05) is 36.1 Å². The zero-order valence-corrected chi connectivity index (χ0v) is 16.0. The van der Waals surface area contributed by atoms with Crippen molar-refractivity contribution in [3.63, 3.8) is 0 Å². The highest BCUT2D eigenvalue weighted by Gasteiger charge is 2.13. The van der Waals surface area contributed by atoms with Crippen molar-refractivity contribution in [1.29, 1.82) is 0 Å². The average molecular weight is 365 g/mol. The van der Waals surface area contributed by atoms with Crippen molar-refractivity contribution in [2.24, 2.45) is 0 Å². The minimum atomic E-state index is 0.166. The van der Waals surface area contributed by atoms with Crippen LogP contribution in [0.5, 0.6) is 0 Å². The molecule has 0 aliphatic rings. The number of aromatic nitrogens is 2. The summed E-state index contributed by atoms with van der Waals surface area (Å²) in [5, 5.41) is 12.3. The van der Waals surface area contributed by atoms with E-state index in [1.165, 1.54) is 28.7 Å². The second-order valence-electron chi connectivity index (χ2n) is 5.48. The van der Waals surface area contributed by atoms with Crippen molar-refractivity contribution in [2.75, 3.05) is 24.2 Å². The van der Waals surface area contributed by atoms with Crippen molar-refractivity contribution in [3.05, 3.63) is 29.8 Å². The Balaban J connectivity index is 1.84. The quantitative estimate of drug-likeness (QED) is 0.671. The van der Waals surface area contributed by atoms with Gasteiger partial charge in [-0.25, -0.2) is 0 Å². The molecule has 0 saturated carbocycles. The van der Waals surface area contributed by atoms with E-state index in [1.54, 1.807) is 0 Å². The largest absolute Gasteiger partial charge is 0.342 e. The molecular formula is C17H24N4OS2. The van der Waals surface area contributed by atoms with Crippen LogP contribution in [-0.2, 0) is 4.79 Å². The minimum Gasteiger partial charge on any atom is -0.342 e. The lowest BCUT2D eigenvalue weighted by Crippen LogP contribution is -2.33. The van der Waals surface area contributed by atoms with Gasteiger partial charge in [0.15, 0.2) is 4.34 Å². The van der Waals surface area contributed by atoms with Gasteiger partial charge >= 0.3 is 0 Å². The number of hydrogen-bond acceptors (Lipinski definition) is 6. The highest BCUT2D eigenvalue weighted by Crippen LogP contribution is 2.27. The molecule has 0 bridgehead atoms. The standard InChI is InChI=1S/C17H24N4OS2/c1-4-6-11-21(5-2)15(22)12-23-17-20-19-16(24-17)18-14-9-7-13(3)8-10-14/h7-10H,4-6,11-12H2,1-3H3,(H,18,19). The van der Waals surface area contributed by atoms with Gasteiger partial charge in [0.2, 0.25) is 11.0 Å². The number of thioether (sulfide) groups is 1. The lowest BCUT2D eigenvalue weighted by molar-refractivity contribution is -0.128. The zero-order valence-electron chi connectivity index (χ0n) is 14.4. The van der Waals surface area contributed by atoms with Crippen LogP contribution in [0.2, 0.25) is 0 Å². The Morgan fingerprint density at radius 3 is 2.67 bits per heavy atom. The molecule has 130 valence electrons. The number of rotatable bonds is 9. The van der Waals surface area contributed by atoms with Gasteiger partial charge in [0.1, 0.15) is 0 Å². The lowest BCUT2D eigenvalue weighted by Gasteiger charge is -2.19. The number of nitrogens with zero attached hydrogens (tertiary/aromatic N) is 3. The first-order valence-corrected chi connectivity index (χ1v) is 10.00. The molecule has 1 N–H and O–H groups in total. The van der Waals surface area contributed by atoms with Gasteiger partial charge in [0, 0.05) is 18.8 Å². The van der Waals surface area contributed by atoms with Gasteiger partial charge in [0.25, 0.3) is 0 Å². The number of benzene rings is 1. The second kappa shape index (κ2) is 9.64. The third kappa shape index (κ3) is 5.79. The SMILES string of the molecule is CCCCN(CC)C(=O)CSc1nnc(Nc2ccc(C)cc2)s1. The molecule has 24 heavy (non-hydrogen) atoms. The molecule has 0 fully saturated rings. The summed E-state index contributed by atoms with van der Waals surface area (Å²) in [5.41, 5.74) is 2.21. The molecule has 0 radical (unpaired) electrons. The van der Waals surface area contributed by atoms with E-state index >= 15 is 0 Å². The predicted octanol–water partition coefficient (Wildman–Crippen LogP) is 4.33. The number of unbranched alkanes of at least 4 members (excludes halogenated alkanes) is 1. The molecule has 0 aliphatic heterocycles. The predicted molar refractivity (Wildman–Crippen MR) is 102 cm³/mol. The summed E-state index contributed by atoms with van der Waals surface area (Å²) in [6.07, 6.45) is 2.15. The fraction of sp³-hybridized carbons (Fsp3) is 0.471. The molecule has 1 heterocycles. The highest BCUT2D eigenvalue weighted by atomic mass is 32.2. The molecule has 2 aromatic rings. The number of anilines is 2. The van der Waals surface area contributed by atoms with Gasteiger partial charge in [-0.3, -0.25) is 4.79 Å². The van der Waals surface area contributed by atoms with E-state index < -0.39 is 0 Å². The van der Waals surface area contributed by atoms with E-state index in [-0.39, 0.29) is 5.91 Å². The van der Waals surface area contributed by atoms with E-state index in [0.29, 0.717) is 5.75 Å². The summed E-state index contributed by atoms with van der Waals surface area (Å²) in [5.74, 6) is 0.579. The molecule has 7 heteroatoms. The average Bonchev–Trinajstić information content (AvgIpc) is 3.03. The first-order valence-electron chi connectivity index (χ1n) is 8.20. The molecule has 0 spiro atoms. The summed E-state index contributed by atoms with van der Waals surface area (Å²) in [6, 6.07) is 8.13. The summed E-state index contributed by atoms with van der Waals surface area (Å²) < 4.78 is 0.810. The third-order valence-corrected chi connectivity index (χ3v) is 5.50. The maximum absolute atomic E-state index is 12.2. The maximum atomic E-state index is 12.2. The van der Waals surface area contributed by atoms with E-state index in [0.717, 1.165) is 41.1 Å². The van der Waals surface area contributed by atoms with Crippen molar-refractivity contribution < 1.29 is 4.79 Å². The van der Waals surface area contributed by atoms with Crippen LogP contribution in [0.1, 0.15) is 32.3 Å². The Morgan fingerprint density at radius 2 is 2.00 bits per heavy atom. The van der Waals surface area contributed by atoms with Gasteiger partial charge in [-0.2, -0.15) is 0 Å². The van der Waals surface area contributed by atoms with E-state index in [4.69, 9.17) is 0 Å². The topological polar surface area (TPSA) is 58.1 Å². The molecule has 5 nitrogen and oxygen atoms in total. The molecule has 0 aliphatic carbocycles. The summed E-state index contributed by atoms with van der Waals surface area (Å²) >= 11 is 2.92. The molecule has 0 saturated heterocycles. The van der Waals surface area contributed by atoms with Crippen LogP contribution in [-0.4, -0.2) is 39.8 Å². The molecule has 1 aromatic carbocycles. The Kier molecular flexibility index (Phi) is 7.52. The van der Waals surface area contributed by atoms with Crippen molar-refractivity contribution >= 4 is 39.8 Å². The molecule has 1 amide bonds. The number of aryl methyl sites for hydroxylation is 1. The van der Waals surface area contributed by atoms with Crippen molar-refractivity contribution in [3.8, 4) is 0 Å². The number of carbonyl (C=O) groups excluding carboxylic acids is 1. The number of hydrogen-bond donors (Lipinski definition) is 1. The Hall–Kier alpha value is -1.60. The Morgan fingerprint density at radius 1 is 1.25 bits per heavy atom. The normalized spacial score (nSPS) is 10.6. The maximum Gasteiger partial charge on any atom is 0.233 e. The number of nitrogens with one attached hydrogen (secondary N) is 1. The van der Waals surface area contributed by atoms with Crippen LogP contribution in [0.4, 0.5) is 10.8 Å². The molecule has 2 rings (SSSR count). The van der Waals surface area contributed by atoms with Crippen LogP contribution in [0, 0.1) is 6.92 Å². The molecule has 1 aromatic heterocycles. The fourth-order valence-electron chi connectivity index (χ4n) is 2.10. The van der Waals surface area contributed by atoms with Crippen molar-refractivity contribution in [2.45, 2.75) is 38.0 Å². The van der Waals surface area contributed by atoms with Crippen LogP contribution < -0.4 is 5.32 Å². The lowest BCUT2D eigenvalue weighted by atomic mass is 10.2. The molecule has 0 atom stereocenters. The zero-order chi connectivity index (χ0) is 17.4. The first-order chi connectivity index (χ1) is 11.6. The Bertz CT molecular complexity index is 642. The van der Waals surface area contributed by atoms with Gasteiger partial charge in [-0.1, -0.05) is 54.1 Å². The van der Waals surface area contributed by atoms with Gasteiger partial charge in [-0.15, -0.1) is 10.2 Å². The summed E-state index contributed by atoms with van der Waals surface area (Å²) in [7, 11) is 0. The number of carbonyl (C=O) groups is 1. The molecular weight excluding hydrogens is 340 g/mol. The third-order valence-electron chi connectivity index (χ3n) is 3.54. The van der Waals surface area contributed by atoms with Crippen LogP contribution >= 0.6 is 23.1 Å². The minimum absolute atomic E-state index is 0.166. The Labute approximate surface area is 151 Å². The van der Waals surface area contributed by atoms with E-state index in [9.17, 15) is 4.79 Å².